The summed E-state index contributed by atoms with van der Waals surface area (Å²) in [5.74, 6) is 1.51. The second-order valence-electron chi connectivity index (χ2n) is 8.79. The summed E-state index contributed by atoms with van der Waals surface area (Å²) >= 11 is 1.26. The Kier molecular flexibility index (Phi) is 7.33. The molecule has 1 aliphatic heterocycles. The number of hydrogen-bond acceptors (Lipinski definition) is 7. The number of nitrogens with zero attached hydrogens (tertiary/aromatic N) is 2. The number of amides is 1. The molecule has 9 heteroatoms. The molecule has 0 fully saturated rings. The monoisotopic (exact) mass is 541 g/mol. The third-order valence-electron chi connectivity index (χ3n) is 6.43. The molecule has 0 saturated heterocycles. The minimum atomic E-state index is -0.708. The largest absolute Gasteiger partial charge is 0.497 e. The maximum Gasteiger partial charge on any atom is 0.271 e. The van der Waals surface area contributed by atoms with E-state index in [0.29, 0.717) is 43.5 Å². The zero-order chi connectivity index (χ0) is 27.5. The molecule has 0 unspecified atom stereocenters. The molecule has 1 atom stereocenters. The average molecular weight is 542 g/mol. The van der Waals surface area contributed by atoms with E-state index in [0.717, 1.165) is 11.1 Å². The molecular formula is C30H27N3O5S. The van der Waals surface area contributed by atoms with Crippen LogP contribution in [0.5, 0.6) is 17.2 Å². The normalized spacial score (nSPS) is 14.9. The van der Waals surface area contributed by atoms with Gasteiger partial charge in [-0.3, -0.25) is 14.2 Å². The number of para-hydroxylation sites is 1. The highest BCUT2D eigenvalue weighted by molar-refractivity contribution is 7.07. The van der Waals surface area contributed by atoms with Gasteiger partial charge >= 0.3 is 0 Å². The van der Waals surface area contributed by atoms with E-state index in [9.17, 15) is 9.59 Å². The van der Waals surface area contributed by atoms with Crippen molar-refractivity contribution in [2.45, 2.75) is 13.0 Å². The van der Waals surface area contributed by atoms with E-state index in [1.54, 1.807) is 51.0 Å². The number of aromatic nitrogens is 1. The van der Waals surface area contributed by atoms with Crippen LogP contribution in [0.2, 0.25) is 0 Å². The summed E-state index contributed by atoms with van der Waals surface area (Å²) in [5.41, 5.74) is 2.76. The number of fused-ring (bicyclic) bond motifs is 1. The fraction of sp³-hybridized carbons (Fsp3) is 0.167. The number of carbonyl (C=O) groups is 1. The Morgan fingerprint density at radius 3 is 2.41 bits per heavy atom. The van der Waals surface area contributed by atoms with Gasteiger partial charge in [0.05, 0.1) is 43.2 Å². The number of nitrogens with one attached hydrogen (secondary N) is 1. The first-order valence-electron chi connectivity index (χ1n) is 12.2. The summed E-state index contributed by atoms with van der Waals surface area (Å²) in [5, 5.41) is 2.96. The molecule has 1 N–H and O–H groups in total. The van der Waals surface area contributed by atoms with Crippen molar-refractivity contribution in [3.63, 3.8) is 0 Å². The van der Waals surface area contributed by atoms with E-state index >= 15 is 0 Å². The lowest BCUT2D eigenvalue weighted by Gasteiger charge is -2.25. The molecule has 1 aromatic heterocycles. The minimum absolute atomic E-state index is 0.262. The molecule has 8 nitrogen and oxygen atoms in total. The quantitative estimate of drug-likeness (QED) is 0.383. The smallest absolute Gasteiger partial charge is 0.271 e. The highest BCUT2D eigenvalue weighted by Crippen LogP contribution is 2.32. The Balaban J connectivity index is 1.69. The molecule has 0 bridgehead atoms. The van der Waals surface area contributed by atoms with Gasteiger partial charge < -0.3 is 19.5 Å². The first kappa shape index (κ1) is 26.0. The number of hydrogen-bond donors (Lipinski definition) is 1. The van der Waals surface area contributed by atoms with Gasteiger partial charge in [-0.25, -0.2) is 4.99 Å². The summed E-state index contributed by atoms with van der Waals surface area (Å²) in [6.45, 7) is 1.79. The summed E-state index contributed by atoms with van der Waals surface area (Å²) in [6, 6.07) is 21.3. The Morgan fingerprint density at radius 2 is 1.69 bits per heavy atom. The lowest BCUT2D eigenvalue weighted by Crippen LogP contribution is -2.40. The molecule has 0 saturated carbocycles. The standard InChI is InChI=1S/C30H27N3O5S/c1-18-26(28(34)32-21-10-6-5-7-11-21)27(20-9-8-12-22(15-20)36-2)33-29(35)25(39-30(33)31-18)16-19-13-14-23(37-3)17-24(19)38-4/h5-17,27H,1-4H3,(H,32,34)/b25-16-/t27-/m1/s1. The molecule has 2 heterocycles. The zero-order valence-electron chi connectivity index (χ0n) is 21.9. The SMILES string of the molecule is COc1cccc([C@@H]2C(C(=O)Nc3ccccc3)=C(C)N=c3s/c(=C\c4ccc(OC)cc4OC)c(=O)n32)c1. The Bertz CT molecular complexity index is 1760. The van der Waals surface area contributed by atoms with Gasteiger partial charge in [-0.05, 0) is 55.0 Å². The molecule has 1 aliphatic rings. The van der Waals surface area contributed by atoms with Crippen molar-refractivity contribution in [2.24, 2.45) is 4.99 Å². The predicted octanol–water partition coefficient (Wildman–Crippen LogP) is 3.90. The zero-order valence-corrected chi connectivity index (χ0v) is 22.7. The van der Waals surface area contributed by atoms with Crippen LogP contribution in [0.3, 0.4) is 0 Å². The number of rotatable bonds is 7. The Hall–Kier alpha value is -4.63. The van der Waals surface area contributed by atoms with Gasteiger partial charge in [0.1, 0.15) is 17.2 Å². The van der Waals surface area contributed by atoms with Crippen LogP contribution in [0.25, 0.3) is 6.08 Å². The number of thiazole rings is 1. The molecule has 0 aliphatic carbocycles. The van der Waals surface area contributed by atoms with Crippen molar-refractivity contribution in [1.82, 2.24) is 4.57 Å². The molecule has 198 valence electrons. The maximum absolute atomic E-state index is 13.9. The van der Waals surface area contributed by atoms with E-state index in [1.807, 2.05) is 60.7 Å². The number of anilines is 1. The van der Waals surface area contributed by atoms with Gasteiger partial charge in [0, 0.05) is 17.3 Å². The number of carbonyl (C=O) groups excluding carboxylic acids is 1. The minimum Gasteiger partial charge on any atom is -0.497 e. The lowest BCUT2D eigenvalue weighted by atomic mass is 9.95. The van der Waals surface area contributed by atoms with Gasteiger partial charge in [0.15, 0.2) is 4.80 Å². The predicted molar refractivity (Wildman–Crippen MR) is 151 cm³/mol. The Labute approximate surface area is 229 Å². The molecule has 0 spiro atoms. The van der Waals surface area contributed by atoms with Crippen LogP contribution in [0.1, 0.15) is 24.1 Å². The van der Waals surface area contributed by atoms with Crippen LogP contribution in [0, 0.1) is 0 Å². The van der Waals surface area contributed by atoms with Crippen molar-refractivity contribution < 1.29 is 19.0 Å². The molecule has 5 rings (SSSR count). The summed E-state index contributed by atoms with van der Waals surface area (Å²) in [6.07, 6.45) is 1.77. The van der Waals surface area contributed by atoms with E-state index in [-0.39, 0.29) is 11.5 Å². The van der Waals surface area contributed by atoms with E-state index in [4.69, 9.17) is 19.2 Å². The van der Waals surface area contributed by atoms with Gasteiger partial charge in [0.2, 0.25) is 0 Å². The van der Waals surface area contributed by atoms with Crippen molar-refractivity contribution in [3.05, 3.63) is 115 Å². The third kappa shape index (κ3) is 5.08. The number of methoxy groups -OCH3 is 3. The molecule has 4 aromatic rings. The summed E-state index contributed by atoms with van der Waals surface area (Å²) < 4.78 is 18.3. The first-order chi connectivity index (χ1) is 18.9. The highest BCUT2D eigenvalue weighted by Gasteiger charge is 2.32. The van der Waals surface area contributed by atoms with Crippen molar-refractivity contribution in [1.29, 1.82) is 0 Å². The van der Waals surface area contributed by atoms with E-state index in [2.05, 4.69) is 5.32 Å². The van der Waals surface area contributed by atoms with E-state index < -0.39 is 6.04 Å². The molecule has 3 aromatic carbocycles. The van der Waals surface area contributed by atoms with Crippen LogP contribution in [0.15, 0.2) is 93.9 Å². The fourth-order valence-corrected chi connectivity index (χ4v) is 5.58. The summed E-state index contributed by atoms with van der Waals surface area (Å²) in [7, 11) is 4.73. The van der Waals surface area contributed by atoms with Gasteiger partial charge in [-0.1, -0.05) is 41.7 Å². The number of allylic oxidation sites excluding steroid dienone is 1. The Morgan fingerprint density at radius 1 is 0.949 bits per heavy atom. The van der Waals surface area contributed by atoms with Crippen LogP contribution in [0.4, 0.5) is 5.69 Å². The van der Waals surface area contributed by atoms with E-state index in [1.165, 1.54) is 11.3 Å². The molecule has 1 amide bonds. The third-order valence-corrected chi connectivity index (χ3v) is 7.42. The average Bonchev–Trinajstić information content (AvgIpc) is 3.26. The van der Waals surface area contributed by atoms with Crippen LogP contribution in [-0.4, -0.2) is 31.8 Å². The van der Waals surface area contributed by atoms with Crippen LogP contribution >= 0.6 is 11.3 Å². The highest BCUT2D eigenvalue weighted by atomic mass is 32.1. The number of ether oxygens (including phenoxy) is 3. The van der Waals surface area contributed by atoms with Gasteiger partial charge in [-0.15, -0.1) is 0 Å². The number of benzene rings is 3. The van der Waals surface area contributed by atoms with Crippen LogP contribution < -0.4 is 34.4 Å². The van der Waals surface area contributed by atoms with Gasteiger partial charge in [-0.2, -0.15) is 0 Å². The summed E-state index contributed by atoms with van der Waals surface area (Å²) in [4.78, 5) is 32.8. The molecule has 39 heavy (non-hydrogen) atoms. The maximum atomic E-state index is 13.9. The molecule has 0 radical (unpaired) electrons. The first-order valence-corrected chi connectivity index (χ1v) is 13.0. The second kappa shape index (κ2) is 11.0. The topological polar surface area (TPSA) is 91.2 Å². The fourth-order valence-electron chi connectivity index (χ4n) is 4.54. The van der Waals surface area contributed by atoms with Crippen molar-refractivity contribution in [2.75, 3.05) is 26.6 Å². The van der Waals surface area contributed by atoms with Crippen molar-refractivity contribution in [3.8, 4) is 17.2 Å². The molecular weight excluding hydrogens is 514 g/mol. The van der Waals surface area contributed by atoms with Crippen molar-refractivity contribution >= 4 is 29.0 Å². The van der Waals surface area contributed by atoms with Crippen LogP contribution in [-0.2, 0) is 4.79 Å². The second-order valence-corrected chi connectivity index (χ2v) is 9.80. The lowest BCUT2D eigenvalue weighted by molar-refractivity contribution is -0.113. The van der Waals surface area contributed by atoms with Gasteiger partial charge in [0.25, 0.3) is 11.5 Å².